The molecule has 3 nitrogen and oxygen atoms in total. The number of aromatic hydroxyl groups is 1. The van der Waals surface area contributed by atoms with Gasteiger partial charge in [-0.3, -0.25) is 4.79 Å². The number of hydrogen-bond donors (Lipinski definition) is 2. The van der Waals surface area contributed by atoms with Crippen molar-refractivity contribution in [2.24, 2.45) is 0 Å². The topological polar surface area (TPSA) is 57.5 Å². The van der Waals surface area contributed by atoms with Gasteiger partial charge in [0.15, 0.2) is 0 Å². The molecular formula is C15H13FO3. The molecule has 0 bridgehead atoms. The zero-order valence-corrected chi connectivity index (χ0v) is 10.1. The molecule has 0 amide bonds. The van der Waals surface area contributed by atoms with Crippen LogP contribution in [0.1, 0.15) is 17.0 Å². The van der Waals surface area contributed by atoms with Crippen LogP contribution in [0, 0.1) is 5.82 Å². The van der Waals surface area contributed by atoms with Crippen molar-refractivity contribution in [1.82, 2.24) is 0 Å². The Morgan fingerprint density at radius 2 is 1.74 bits per heavy atom. The van der Waals surface area contributed by atoms with Gasteiger partial charge < -0.3 is 10.2 Å². The summed E-state index contributed by atoms with van der Waals surface area (Å²) < 4.78 is 13.7. The SMILES string of the molecule is O=C(O)C(Cc1ccc(O)cc1)c1ccccc1F. The zero-order chi connectivity index (χ0) is 13.8. The van der Waals surface area contributed by atoms with Crippen LogP contribution in [-0.2, 0) is 11.2 Å². The highest BCUT2D eigenvalue weighted by Crippen LogP contribution is 2.24. The van der Waals surface area contributed by atoms with Crippen LogP contribution in [0.4, 0.5) is 4.39 Å². The van der Waals surface area contributed by atoms with Crippen molar-refractivity contribution in [3.8, 4) is 5.75 Å². The highest BCUT2D eigenvalue weighted by atomic mass is 19.1. The number of halogens is 1. The van der Waals surface area contributed by atoms with Crippen LogP contribution in [-0.4, -0.2) is 16.2 Å². The van der Waals surface area contributed by atoms with Gasteiger partial charge in [0.1, 0.15) is 11.6 Å². The predicted octanol–water partition coefficient (Wildman–Crippen LogP) is 2.94. The number of rotatable bonds is 4. The third kappa shape index (κ3) is 3.10. The Morgan fingerprint density at radius 1 is 1.11 bits per heavy atom. The van der Waals surface area contributed by atoms with E-state index in [9.17, 15) is 19.4 Å². The van der Waals surface area contributed by atoms with Crippen LogP contribution in [0.2, 0.25) is 0 Å². The van der Waals surface area contributed by atoms with Crippen LogP contribution in [0.3, 0.4) is 0 Å². The summed E-state index contributed by atoms with van der Waals surface area (Å²) in [7, 11) is 0. The fourth-order valence-corrected chi connectivity index (χ4v) is 1.96. The largest absolute Gasteiger partial charge is 0.508 e. The summed E-state index contributed by atoms with van der Waals surface area (Å²) in [4.78, 5) is 11.3. The van der Waals surface area contributed by atoms with Crippen LogP contribution >= 0.6 is 0 Å². The van der Waals surface area contributed by atoms with E-state index in [1.54, 1.807) is 18.2 Å². The number of carbonyl (C=O) groups is 1. The van der Waals surface area contributed by atoms with Gasteiger partial charge in [0.05, 0.1) is 5.92 Å². The number of phenolic OH excluding ortho intramolecular Hbond substituents is 1. The molecule has 4 heteroatoms. The molecule has 0 fully saturated rings. The van der Waals surface area contributed by atoms with Crippen molar-refractivity contribution in [3.05, 3.63) is 65.5 Å². The van der Waals surface area contributed by atoms with E-state index in [-0.39, 0.29) is 17.7 Å². The van der Waals surface area contributed by atoms with Gasteiger partial charge in [-0.15, -0.1) is 0 Å². The monoisotopic (exact) mass is 260 g/mol. The van der Waals surface area contributed by atoms with Gasteiger partial charge in [-0.05, 0) is 30.2 Å². The fraction of sp³-hybridized carbons (Fsp3) is 0.133. The second-order valence-electron chi connectivity index (χ2n) is 4.28. The van der Waals surface area contributed by atoms with Crippen LogP contribution in [0.25, 0.3) is 0 Å². The van der Waals surface area contributed by atoms with Crippen molar-refractivity contribution in [1.29, 1.82) is 0 Å². The summed E-state index contributed by atoms with van der Waals surface area (Å²) in [6.45, 7) is 0. The van der Waals surface area contributed by atoms with Crippen molar-refractivity contribution in [3.63, 3.8) is 0 Å². The normalized spacial score (nSPS) is 12.1. The fourth-order valence-electron chi connectivity index (χ4n) is 1.96. The molecular weight excluding hydrogens is 247 g/mol. The number of hydrogen-bond acceptors (Lipinski definition) is 2. The molecule has 2 aromatic rings. The highest BCUT2D eigenvalue weighted by Gasteiger charge is 2.23. The van der Waals surface area contributed by atoms with Gasteiger partial charge in [0, 0.05) is 5.56 Å². The molecule has 0 heterocycles. The minimum atomic E-state index is -1.07. The van der Waals surface area contributed by atoms with E-state index in [2.05, 4.69) is 0 Å². The minimum Gasteiger partial charge on any atom is -0.508 e. The van der Waals surface area contributed by atoms with Crippen LogP contribution in [0.15, 0.2) is 48.5 Å². The first kappa shape index (κ1) is 13.1. The van der Waals surface area contributed by atoms with Crippen LogP contribution < -0.4 is 0 Å². The molecule has 0 spiro atoms. The van der Waals surface area contributed by atoms with Crippen molar-refractivity contribution < 1.29 is 19.4 Å². The molecule has 1 atom stereocenters. The van der Waals surface area contributed by atoms with E-state index >= 15 is 0 Å². The Morgan fingerprint density at radius 3 is 2.32 bits per heavy atom. The predicted molar refractivity (Wildman–Crippen MR) is 68.6 cm³/mol. The van der Waals surface area contributed by atoms with Gasteiger partial charge in [0.2, 0.25) is 0 Å². The number of carboxylic acids is 1. The Kier molecular flexibility index (Phi) is 3.80. The first-order valence-electron chi connectivity index (χ1n) is 5.83. The summed E-state index contributed by atoms with van der Waals surface area (Å²) in [6, 6.07) is 12.1. The van der Waals surface area contributed by atoms with Gasteiger partial charge >= 0.3 is 5.97 Å². The maximum absolute atomic E-state index is 13.7. The third-order valence-electron chi connectivity index (χ3n) is 2.95. The summed E-state index contributed by atoms with van der Waals surface area (Å²) in [5.41, 5.74) is 0.900. The van der Waals surface area contributed by atoms with Crippen LogP contribution in [0.5, 0.6) is 5.75 Å². The molecule has 0 aromatic heterocycles. The molecule has 0 radical (unpaired) electrons. The number of benzene rings is 2. The smallest absolute Gasteiger partial charge is 0.311 e. The van der Waals surface area contributed by atoms with E-state index < -0.39 is 17.7 Å². The molecule has 2 N–H and O–H groups in total. The summed E-state index contributed by atoms with van der Waals surface area (Å²) in [6.07, 6.45) is 0.177. The average Bonchev–Trinajstić information content (AvgIpc) is 2.39. The lowest BCUT2D eigenvalue weighted by molar-refractivity contribution is -0.138. The molecule has 2 rings (SSSR count). The van der Waals surface area contributed by atoms with E-state index in [0.717, 1.165) is 5.56 Å². The lowest BCUT2D eigenvalue weighted by Crippen LogP contribution is -2.15. The number of aliphatic carboxylic acids is 1. The lowest BCUT2D eigenvalue weighted by atomic mass is 9.91. The number of phenols is 1. The van der Waals surface area contributed by atoms with Crippen molar-refractivity contribution in [2.75, 3.05) is 0 Å². The molecule has 98 valence electrons. The minimum absolute atomic E-state index is 0.113. The summed E-state index contributed by atoms with van der Waals surface area (Å²) in [5, 5.41) is 18.4. The van der Waals surface area contributed by atoms with E-state index in [1.807, 2.05) is 0 Å². The molecule has 2 aromatic carbocycles. The average molecular weight is 260 g/mol. The van der Waals surface area contributed by atoms with Crippen molar-refractivity contribution in [2.45, 2.75) is 12.3 Å². The molecule has 0 saturated heterocycles. The van der Waals surface area contributed by atoms with E-state index in [4.69, 9.17) is 0 Å². The molecule has 0 saturated carbocycles. The van der Waals surface area contributed by atoms with Gasteiger partial charge in [0.25, 0.3) is 0 Å². The number of carboxylic acid groups (broad SMARTS) is 1. The summed E-state index contributed by atoms with van der Waals surface area (Å²) >= 11 is 0. The standard InChI is InChI=1S/C15H13FO3/c16-14-4-2-1-3-12(14)13(15(18)19)9-10-5-7-11(17)8-6-10/h1-8,13,17H,9H2,(H,18,19). The quantitative estimate of drug-likeness (QED) is 0.888. The van der Waals surface area contributed by atoms with E-state index in [0.29, 0.717) is 0 Å². The Labute approximate surface area is 109 Å². The third-order valence-corrected chi connectivity index (χ3v) is 2.95. The maximum Gasteiger partial charge on any atom is 0.311 e. The molecule has 1 unspecified atom stereocenters. The van der Waals surface area contributed by atoms with Gasteiger partial charge in [-0.1, -0.05) is 30.3 Å². The second kappa shape index (κ2) is 5.52. The maximum atomic E-state index is 13.7. The molecule has 0 aliphatic carbocycles. The van der Waals surface area contributed by atoms with Crippen molar-refractivity contribution >= 4 is 5.97 Å². The van der Waals surface area contributed by atoms with Gasteiger partial charge in [-0.25, -0.2) is 4.39 Å². The van der Waals surface area contributed by atoms with Gasteiger partial charge in [-0.2, -0.15) is 0 Å². The Balaban J connectivity index is 2.29. The first-order chi connectivity index (χ1) is 9.08. The van der Waals surface area contributed by atoms with E-state index in [1.165, 1.54) is 30.3 Å². The Bertz CT molecular complexity index is 578. The second-order valence-corrected chi connectivity index (χ2v) is 4.28. The molecule has 19 heavy (non-hydrogen) atoms. The highest BCUT2D eigenvalue weighted by molar-refractivity contribution is 5.76. The molecule has 0 aliphatic rings. The lowest BCUT2D eigenvalue weighted by Gasteiger charge is -2.13. The summed E-state index contributed by atoms with van der Waals surface area (Å²) in [5.74, 6) is -2.42. The zero-order valence-electron chi connectivity index (χ0n) is 10.1. The Hall–Kier alpha value is -2.36. The molecule has 0 aliphatic heterocycles. The first-order valence-corrected chi connectivity index (χ1v) is 5.83.